The second kappa shape index (κ2) is 7.85. The van der Waals surface area contributed by atoms with Gasteiger partial charge in [-0.15, -0.1) is 0 Å². The van der Waals surface area contributed by atoms with E-state index < -0.39 is 0 Å². The fourth-order valence-electron chi connectivity index (χ4n) is 1.61. The molecular weight excluding hydrogens is 212 g/mol. The van der Waals surface area contributed by atoms with Gasteiger partial charge in [0, 0.05) is 18.3 Å². The van der Waals surface area contributed by atoms with E-state index in [4.69, 9.17) is 4.74 Å². The third kappa shape index (κ3) is 5.00. The van der Waals surface area contributed by atoms with Crippen LogP contribution in [0, 0.1) is 0 Å². The molecule has 0 atom stereocenters. The highest BCUT2D eigenvalue weighted by molar-refractivity contribution is 5.25. The quantitative estimate of drug-likeness (QED) is 0.737. The van der Waals surface area contributed by atoms with Crippen LogP contribution in [0.4, 0.5) is 0 Å². The van der Waals surface area contributed by atoms with E-state index in [9.17, 15) is 0 Å². The molecule has 0 bridgehead atoms. The number of nitrogens with zero attached hydrogens (tertiary/aromatic N) is 1. The smallest absolute Gasteiger partial charge is 0.214 e. The number of nitrogens with one attached hydrogen (secondary N) is 1. The molecule has 0 fully saturated rings. The lowest BCUT2D eigenvalue weighted by Crippen LogP contribution is -2.07. The molecule has 0 radical (unpaired) electrons. The van der Waals surface area contributed by atoms with Crippen molar-refractivity contribution < 1.29 is 4.74 Å². The molecule has 1 heterocycles. The minimum atomic E-state index is 0.581. The van der Waals surface area contributed by atoms with E-state index in [2.05, 4.69) is 23.3 Å². The molecule has 3 heteroatoms. The second-order valence-electron chi connectivity index (χ2n) is 3.97. The van der Waals surface area contributed by atoms with E-state index in [-0.39, 0.29) is 0 Å². The Labute approximate surface area is 104 Å². The van der Waals surface area contributed by atoms with Crippen molar-refractivity contribution in [1.29, 1.82) is 0 Å². The number of aryl methyl sites for hydroxylation is 1. The average Bonchev–Trinajstić information content (AvgIpc) is 2.30. The van der Waals surface area contributed by atoms with Crippen LogP contribution in [0.2, 0.25) is 0 Å². The van der Waals surface area contributed by atoms with Crippen molar-refractivity contribution >= 4 is 0 Å². The van der Waals surface area contributed by atoms with Gasteiger partial charge in [-0.3, -0.25) is 0 Å². The third-order valence-electron chi connectivity index (χ3n) is 2.36. The van der Waals surface area contributed by atoms with Crippen LogP contribution in [0.3, 0.4) is 0 Å². The first-order valence-electron chi connectivity index (χ1n) is 6.18. The lowest BCUT2D eigenvalue weighted by molar-refractivity contribution is 0.346. The summed E-state index contributed by atoms with van der Waals surface area (Å²) in [5, 5.41) is 3.15. The fourth-order valence-corrected chi connectivity index (χ4v) is 1.61. The number of hydrogen-bond donors (Lipinski definition) is 1. The van der Waals surface area contributed by atoms with Gasteiger partial charge in [-0.25, -0.2) is 4.98 Å². The van der Waals surface area contributed by atoms with E-state index >= 15 is 0 Å². The molecule has 1 N–H and O–H groups in total. The van der Waals surface area contributed by atoms with Gasteiger partial charge >= 0.3 is 0 Å². The summed E-state index contributed by atoms with van der Waals surface area (Å²) in [7, 11) is 1.94. The van der Waals surface area contributed by atoms with Crippen molar-refractivity contribution in [2.24, 2.45) is 0 Å². The topological polar surface area (TPSA) is 34.1 Å². The van der Waals surface area contributed by atoms with Gasteiger partial charge in [-0.2, -0.15) is 0 Å². The van der Waals surface area contributed by atoms with E-state index in [0.717, 1.165) is 31.0 Å². The van der Waals surface area contributed by atoms with Gasteiger partial charge < -0.3 is 10.1 Å². The maximum atomic E-state index is 5.59. The van der Waals surface area contributed by atoms with Crippen molar-refractivity contribution in [2.75, 3.05) is 13.7 Å². The summed E-state index contributed by atoms with van der Waals surface area (Å²) in [5.74, 6) is 0.722. The highest BCUT2D eigenvalue weighted by Crippen LogP contribution is 2.14. The summed E-state index contributed by atoms with van der Waals surface area (Å²) in [6.07, 6.45) is 6.05. The van der Waals surface area contributed by atoms with Crippen molar-refractivity contribution in [1.82, 2.24) is 10.3 Å². The minimum Gasteiger partial charge on any atom is -0.473 e. The Balaban J connectivity index is 2.78. The molecular formula is C14H22N2O. The van der Waals surface area contributed by atoms with Crippen LogP contribution in [0.5, 0.6) is 5.88 Å². The second-order valence-corrected chi connectivity index (χ2v) is 3.97. The maximum Gasteiger partial charge on any atom is 0.214 e. The molecule has 17 heavy (non-hydrogen) atoms. The van der Waals surface area contributed by atoms with Gasteiger partial charge in [-0.1, -0.05) is 25.5 Å². The third-order valence-corrected chi connectivity index (χ3v) is 2.36. The van der Waals surface area contributed by atoms with E-state index in [1.165, 1.54) is 5.56 Å². The molecule has 0 aliphatic carbocycles. The maximum absolute atomic E-state index is 5.59. The van der Waals surface area contributed by atoms with Gasteiger partial charge in [-0.05, 0) is 32.0 Å². The number of allylic oxidation sites excluding steroid dienone is 1. The molecule has 0 aliphatic rings. The predicted molar refractivity (Wildman–Crippen MR) is 71.3 cm³/mol. The number of ether oxygens (including phenoxy) is 1. The number of hydrogen-bond acceptors (Lipinski definition) is 3. The van der Waals surface area contributed by atoms with E-state index in [1.807, 2.05) is 32.2 Å². The summed E-state index contributed by atoms with van der Waals surface area (Å²) < 4.78 is 5.59. The monoisotopic (exact) mass is 234 g/mol. The molecule has 0 amide bonds. The molecule has 0 aromatic carbocycles. The summed E-state index contributed by atoms with van der Waals surface area (Å²) in [5.41, 5.74) is 2.33. The van der Waals surface area contributed by atoms with Crippen molar-refractivity contribution in [3.8, 4) is 5.88 Å². The van der Waals surface area contributed by atoms with Gasteiger partial charge in [0.05, 0.1) is 0 Å². The summed E-state index contributed by atoms with van der Waals surface area (Å²) in [6, 6.07) is 4.14. The van der Waals surface area contributed by atoms with Crippen LogP contribution in [0.1, 0.15) is 31.5 Å². The Morgan fingerprint density at radius 1 is 1.41 bits per heavy atom. The molecule has 1 aromatic rings. The normalized spacial score (nSPS) is 11.0. The Bertz CT molecular complexity index is 337. The zero-order valence-corrected chi connectivity index (χ0v) is 11.0. The summed E-state index contributed by atoms with van der Waals surface area (Å²) in [6.45, 7) is 5.57. The zero-order valence-electron chi connectivity index (χ0n) is 11.0. The van der Waals surface area contributed by atoms with E-state index in [1.54, 1.807) is 0 Å². The minimum absolute atomic E-state index is 0.581. The SMILES string of the molecule is C/C=C/COc1cc(CNC)cc(CCC)n1. The lowest BCUT2D eigenvalue weighted by atomic mass is 10.1. The van der Waals surface area contributed by atoms with Crippen molar-refractivity contribution in [2.45, 2.75) is 33.2 Å². The predicted octanol–water partition coefficient (Wildman–Crippen LogP) is 2.71. The largest absolute Gasteiger partial charge is 0.473 e. The standard InChI is InChI=1S/C14H22N2O/c1-4-6-8-17-14-10-12(11-15-3)9-13(16-14)7-5-2/h4,6,9-10,15H,5,7-8,11H2,1-3H3/b6-4+. The van der Waals surface area contributed by atoms with Crippen LogP contribution in [-0.4, -0.2) is 18.6 Å². The first kappa shape index (κ1) is 13.7. The first-order valence-corrected chi connectivity index (χ1v) is 6.18. The molecule has 0 unspecified atom stereocenters. The summed E-state index contributed by atoms with van der Waals surface area (Å²) >= 11 is 0. The van der Waals surface area contributed by atoms with Crippen LogP contribution in [0.25, 0.3) is 0 Å². The Morgan fingerprint density at radius 2 is 2.24 bits per heavy atom. The molecule has 0 aliphatic heterocycles. The van der Waals surface area contributed by atoms with Gasteiger partial charge in [0.2, 0.25) is 5.88 Å². The molecule has 1 aromatic heterocycles. The Hall–Kier alpha value is -1.35. The first-order chi connectivity index (χ1) is 8.30. The zero-order chi connectivity index (χ0) is 12.5. The fraction of sp³-hybridized carbons (Fsp3) is 0.500. The van der Waals surface area contributed by atoms with Crippen molar-refractivity contribution in [3.05, 3.63) is 35.5 Å². The van der Waals surface area contributed by atoms with E-state index in [0.29, 0.717) is 6.61 Å². The van der Waals surface area contributed by atoms with Crippen LogP contribution < -0.4 is 10.1 Å². The number of aromatic nitrogens is 1. The van der Waals surface area contributed by atoms with Gasteiger partial charge in [0.1, 0.15) is 6.61 Å². The highest BCUT2D eigenvalue weighted by atomic mass is 16.5. The van der Waals surface area contributed by atoms with Crippen LogP contribution in [0.15, 0.2) is 24.3 Å². The number of pyridine rings is 1. The summed E-state index contributed by atoms with van der Waals surface area (Å²) in [4.78, 5) is 4.49. The molecule has 94 valence electrons. The van der Waals surface area contributed by atoms with Crippen LogP contribution >= 0.6 is 0 Å². The van der Waals surface area contributed by atoms with Crippen molar-refractivity contribution in [3.63, 3.8) is 0 Å². The highest BCUT2D eigenvalue weighted by Gasteiger charge is 2.02. The molecule has 1 rings (SSSR count). The molecule has 3 nitrogen and oxygen atoms in total. The lowest BCUT2D eigenvalue weighted by Gasteiger charge is -2.08. The molecule has 0 saturated carbocycles. The van der Waals surface area contributed by atoms with Gasteiger partial charge in [0.25, 0.3) is 0 Å². The Morgan fingerprint density at radius 3 is 2.88 bits per heavy atom. The number of rotatable bonds is 7. The molecule has 0 spiro atoms. The molecule has 0 saturated heterocycles. The van der Waals surface area contributed by atoms with Gasteiger partial charge in [0.15, 0.2) is 0 Å². The van der Waals surface area contributed by atoms with Crippen LogP contribution in [-0.2, 0) is 13.0 Å². The average molecular weight is 234 g/mol. The Kier molecular flexibility index (Phi) is 6.33.